The Kier molecular flexibility index (Phi) is 4.04. The highest BCUT2D eigenvalue weighted by Crippen LogP contribution is 2.27. The average Bonchev–Trinajstić information content (AvgIpc) is 2.84. The summed E-state index contributed by atoms with van der Waals surface area (Å²) < 4.78 is 0. The van der Waals surface area contributed by atoms with E-state index in [0.29, 0.717) is 16.7 Å². The van der Waals surface area contributed by atoms with Gasteiger partial charge in [0.25, 0.3) is 0 Å². The minimum Gasteiger partial charge on any atom is -0.393 e. The first-order valence-corrected chi connectivity index (χ1v) is 6.86. The molecule has 4 nitrogen and oxygen atoms in total. The van der Waals surface area contributed by atoms with Gasteiger partial charge in [0.05, 0.1) is 0 Å². The molecule has 2 heterocycles. The Hall–Kier alpha value is -1.33. The number of likely N-dealkylation sites (N-methyl/N-ethyl adjacent to an activating group) is 1. The van der Waals surface area contributed by atoms with Crippen molar-refractivity contribution in [1.82, 2.24) is 9.97 Å². The van der Waals surface area contributed by atoms with E-state index in [0.717, 1.165) is 6.42 Å². The number of halogens is 1. The molecule has 6 heteroatoms. The lowest BCUT2D eigenvalue weighted by Gasteiger charge is -2.26. The van der Waals surface area contributed by atoms with Gasteiger partial charge in [0, 0.05) is 24.4 Å². The van der Waals surface area contributed by atoms with Crippen LogP contribution >= 0.6 is 22.9 Å². The summed E-state index contributed by atoms with van der Waals surface area (Å²) in [4.78, 5) is 11.4. The zero-order chi connectivity index (χ0) is 13.1. The van der Waals surface area contributed by atoms with Gasteiger partial charge in [0.15, 0.2) is 11.0 Å². The van der Waals surface area contributed by atoms with Gasteiger partial charge in [-0.2, -0.15) is 0 Å². The largest absolute Gasteiger partial charge is 0.393 e. The van der Waals surface area contributed by atoms with Crippen molar-refractivity contribution in [2.24, 2.45) is 0 Å². The summed E-state index contributed by atoms with van der Waals surface area (Å²) in [6.45, 7) is 2.13. The number of nitrogen functional groups attached to an aromatic ring is 1. The van der Waals surface area contributed by atoms with E-state index in [1.54, 1.807) is 11.3 Å². The maximum Gasteiger partial charge on any atom is 0.157 e. The van der Waals surface area contributed by atoms with Crippen molar-refractivity contribution in [3.05, 3.63) is 33.9 Å². The van der Waals surface area contributed by atoms with E-state index < -0.39 is 0 Å². The maximum absolute atomic E-state index is 5.90. The first-order chi connectivity index (χ1) is 8.59. The molecule has 0 aromatic carbocycles. The second kappa shape index (κ2) is 5.54. The SMILES string of the molecule is CC(Cc1cccs1)N(C)c1ncnc(Cl)c1N. The third kappa shape index (κ3) is 2.73. The molecule has 2 N–H and O–H groups in total. The van der Waals surface area contributed by atoms with Gasteiger partial charge in [0.1, 0.15) is 12.0 Å². The minimum absolute atomic E-state index is 0.289. The normalized spacial score (nSPS) is 12.4. The van der Waals surface area contributed by atoms with Gasteiger partial charge in [-0.15, -0.1) is 11.3 Å². The third-order valence-corrected chi connectivity index (χ3v) is 4.09. The number of thiophene rings is 1. The molecular weight excluding hydrogens is 268 g/mol. The van der Waals surface area contributed by atoms with Gasteiger partial charge in [-0.3, -0.25) is 0 Å². The van der Waals surface area contributed by atoms with Crippen molar-refractivity contribution in [2.75, 3.05) is 17.7 Å². The fourth-order valence-electron chi connectivity index (χ4n) is 1.71. The molecule has 0 aliphatic heterocycles. The van der Waals surface area contributed by atoms with Gasteiger partial charge in [-0.05, 0) is 18.4 Å². The molecule has 0 aliphatic carbocycles. The van der Waals surface area contributed by atoms with Crippen LogP contribution in [0.25, 0.3) is 0 Å². The van der Waals surface area contributed by atoms with Crippen LogP contribution in [0.5, 0.6) is 0 Å². The van der Waals surface area contributed by atoms with E-state index in [9.17, 15) is 0 Å². The highest BCUT2D eigenvalue weighted by atomic mass is 35.5. The Bertz CT molecular complexity index is 515. The smallest absolute Gasteiger partial charge is 0.157 e. The second-order valence-corrected chi connectivity index (χ2v) is 5.54. The van der Waals surface area contributed by atoms with Crippen molar-refractivity contribution in [3.63, 3.8) is 0 Å². The Morgan fingerprint density at radius 3 is 2.94 bits per heavy atom. The summed E-state index contributed by atoms with van der Waals surface area (Å²) >= 11 is 7.66. The molecule has 0 saturated carbocycles. The summed E-state index contributed by atoms with van der Waals surface area (Å²) in [5.74, 6) is 0.680. The average molecular weight is 283 g/mol. The van der Waals surface area contributed by atoms with Crippen molar-refractivity contribution < 1.29 is 0 Å². The number of aromatic nitrogens is 2. The van der Waals surface area contributed by atoms with Crippen molar-refractivity contribution >= 4 is 34.4 Å². The second-order valence-electron chi connectivity index (χ2n) is 4.15. The van der Waals surface area contributed by atoms with Crippen LogP contribution in [0.1, 0.15) is 11.8 Å². The summed E-state index contributed by atoms with van der Waals surface area (Å²) in [6, 6.07) is 4.48. The highest BCUT2D eigenvalue weighted by molar-refractivity contribution is 7.09. The van der Waals surface area contributed by atoms with Gasteiger partial charge in [-0.25, -0.2) is 9.97 Å². The molecule has 2 aromatic rings. The lowest BCUT2D eigenvalue weighted by atomic mass is 10.2. The van der Waals surface area contributed by atoms with Gasteiger partial charge >= 0.3 is 0 Å². The van der Waals surface area contributed by atoms with Crippen LogP contribution in [0.3, 0.4) is 0 Å². The molecule has 18 heavy (non-hydrogen) atoms. The lowest BCUT2D eigenvalue weighted by Crippen LogP contribution is -2.32. The summed E-state index contributed by atoms with van der Waals surface area (Å²) in [6.07, 6.45) is 2.39. The fraction of sp³-hybridized carbons (Fsp3) is 0.333. The number of anilines is 2. The summed E-state index contributed by atoms with van der Waals surface area (Å²) in [5, 5.41) is 2.38. The van der Waals surface area contributed by atoms with Crippen LogP contribution < -0.4 is 10.6 Å². The molecule has 0 bridgehead atoms. The van der Waals surface area contributed by atoms with E-state index >= 15 is 0 Å². The number of hydrogen-bond donors (Lipinski definition) is 1. The first-order valence-electron chi connectivity index (χ1n) is 5.60. The molecule has 0 radical (unpaired) electrons. The lowest BCUT2D eigenvalue weighted by molar-refractivity contribution is 0.680. The zero-order valence-electron chi connectivity index (χ0n) is 10.3. The predicted octanol–water partition coefficient (Wildman–Crippen LogP) is 2.84. The first kappa shape index (κ1) is 13.1. The number of nitrogens with zero attached hydrogens (tertiary/aromatic N) is 3. The van der Waals surface area contributed by atoms with E-state index in [-0.39, 0.29) is 6.04 Å². The van der Waals surface area contributed by atoms with E-state index in [4.69, 9.17) is 17.3 Å². The topological polar surface area (TPSA) is 55.0 Å². The van der Waals surface area contributed by atoms with Crippen molar-refractivity contribution in [2.45, 2.75) is 19.4 Å². The molecule has 2 aromatic heterocycles. The van der Waals surface area contributed by atoms with Crippen LogP contribution in [0.15, 0.2) is 23.8 Å². The quantitative estimate of drug-likeness (QED) is 0.876. The molecule has 0 amide bonds. The number of rotatable bonds is 4. The van der Waals surface area contributed by atoms with Crippen LogP contribution in [0.2, 0.25) is 5.15 Å². The Morgan fingerprint density at radius 1 is 1.50 bits per heavy atom. The van der Waals surface area contributed by atoms with Crippen molar-refractivity contribution in [3.8, 4) is 0 Å². The molecular formula is C12H15ClN4S. The van der Waals surface area contributed by atoms with Crippen LogP contribution in [0, 0.1) is 0 Å². The van der Waals surface area contributed by atoms with Crippen molar-refractivity contribution in [1.29, 1.82) is 0 Å². The Morgan fingerprint density at radius 2 is 2.28 bits per heavy atom. The molecule has 0 spiro atoms. The maximum atomic E-state index is 5.90. The monoisotopic (exact) mass is 282 g/mol. The van der Waals surface area contributed by atoms with Gasteiger partial charge in [0.2, 0.25) is 0 Å². The predicted molar refractivity (Wildman–Crippen MR) is 77.3 cm³/mol. The Labute approximate surface area is 115 Å². The Balaban J connectivity index is 2.15. The molecule has 1 atom stereocenters. The highest BCUT2D eigenvalue weighted by Gasteiger charge is 2.16. The molecule has 2 rings (SSSR count). The number of hydrogen-bond acceptors (Lipinski definition) is 5. The van der Waals surface area contributed by atoms with E-state index in [1.165, 1.54) is 11.2 Å². The molecule has 0 aliphatic rings. The van der Waals surface area contributed by atoms with Crippen LogP contribution in [-0.4, -0.2) is 23.1 Å². The zero-order valence-corrected chi connectivity index (χ0v) is 11.9. The molecule has 1 unspecified atom stereocenters. The standard InChI is InChI=1S/C12H15ClN4S/c1-8(6-9-4-3-5-18-9)17(2)12-10(14)11(13)15-7-16-12/h3-5,7-8H,6,14H2,1-2H3. The van der Waals surface area contributed by atoms with Crippen LogP contribution in [0.4, 0.5) is 11.5 Å². The summed E-state index contributed by atoms with van der Waals surface area (Å²) in [5.41, 5.74) is 6.33. The molecule has 96 valence electrons. The van der Waals surface area contributed by atoms with Crippen LogP contribution in [-0.2, 0) is 6.42 Å². The number of nitrogens with two attached hydrogens (primary N) is 1. The molecule has 0 fully saturated rings. The van der Waals surface area contributed by atoms with Gasteiger partial charge in [-0.1, -0.05) is 17.7 Å². The fourth-order valence-corrected chi connectivity index (χ4v) is 2.67. The molecule has 0 saturated heterocycles. The van der Waals surface area contributed by atoms with Gasteiger partial charge < -0.3 is 10.6 Å². The third-order valence-electron chi connectivity index (χ3n) is 2.89. The summed E-state index contributed by atoms with van der Waals surface area (Å²) in [7, 11) is 1.97. The van der Waals surface area contributed by atoms with E-state index in [1.807, 2.05) is 11.9 Å². The van der Waals surface area contributed by atoms with E-state index in [2.05, 4.69) is 34.4 Å². The minimum atomic E-state index is 0.289.